The molecule has 5 heteroatoms. The Kier molecular flexibility index (Phi) is 3.51. The van der Waals surface area contributed by atoms with Gasteiger partial charge in [0.15, 0.2) is 5.13 Å². The van der Waals surface area contributed by atoms with Gasteiger partial charge in [-0.25, -0.2) is 4.98 Å². The Hall–Kier alpha value is -1.72. The van der Waals surface area contributed by atoms with E-state index in [0.717, 1.165) is 5.69 Å². The molecule has 0 aliphatic rings. The molecule has 0 spiro atoms. The molecule has 0 fully saturated rings. The molecule has 0 radical (unpaired) electrons. The maximum Gasteiger partial charge on any atom is 0.257 e. The highest BCUT2D eigenvalue weighted by Crippen LogP contribution is 2.19. The summed E-state index contributed by atoms with van der Waals surface area (Å²) in [5.41, 5.74) is 7.11. The van der Waals surface area contributed by atoms with Crippen LogP contribution >= 0.6 is 11.3 Å². The topological polar surface area (TPSA) is 68.0 Å². The molecule has 88 valence electrons. The number of hydrogen-bond donors (Lipinski definition) is 2. The molecule has 0 aliphatic carbocycles. The quantitative estimate of drug-likeness (QED) is 0.875. The summed E-state index contributed by atoms with van der Waals surface area (Å²) in [6.07, 6.45) is 0. The molecule has 0 saturated heterocycles. The second-order valence-corrected chi connectivity index (χ2v) is 4.54. The Morgan fingerprint density at radius 3 is 2.71 bits per heavy atom. The summed E-state index contributed by atoms with van der Waals surface area (Å²) in [5.74, 6) is -0.156. The van der Waals surface area contributed by atoms with Crippen molar-refractivity contribution in [1.29, 1.82) is 0 Å². The van der Waals surface area contributed by atoms with Crippen molar-refractivity contribution in [3.05, 3.63) is 47.0 Å². The first kappa shape index (κ1) is 11.8. The molecule has 2 rings (SSSR count). The van der Waals surface area contributed by atoms with Crippen LogP contribution in [0.5, 0.6) is 0 Å². The van der Waals surface area contributed by atoms with Crippen molar-refractivity contribution in [1.82, 2.24) is 4.98 Å². The van der Waals surface area contributed by atoms with Gasteiger partial charge in [-0.15, -0.1) is 11.3 Å². The van der Waals surface area contributed by atoms with Crippen LogP contribution in [0, 0.1) is 0 Å². The predicted octanol–water partition coefficient (Wildman–Crippen LogP) is 2.42. The Balaban J connectivity index is 2.08. The highest BCUT2D eigenvalue weighted by atomic mass is 32.1. The van der Waals surface area contributed by atoms with Crippen molar-refractivity contribution in [3.8, 4) is 0 Å². The number of rotatable bonds is 3. The zero-order valence-corrected chi connectivity index (χ0v) is 10.2. The molecule has 1 aromatic carbocycles. The smallest absolute Gasteiger partial charge is 0.257 e. The van der Waals surface area contributed by atoms with Crippen LogP contribution in [-0.4, -0.2) is 10.9 Å². The molecule has 0 aliphatic heterocycles. The number of anilines is 1. The highest BCUT2D eigenvalue weighted by Gasteiger charge is 2.09. The lowest BCUT2D eigenvalue weighted by atomic mass is 10.2. The molecule has 4 nitrogen and oxygen atoms in total. The summed E-state index contributed by atoms with van der Waals surface area (Å²) >= 11 is 1.38. The summed E-state index contributed by atoms with van der Waals surface area (Å²) in [5, 5.41) is 5.17. The minimum Gasteiger partial charge on any atom is -0.323 e. The zero-order valence-electron chi connectivity index (χ0n) is 9.38. The van der Waals surface area contributed by atoms with Gasteiger partial charge < -0.3 is 5.73 Å². The van der Waals surface area contributed by atoms with Crippen LogP contribution in [0.3, 0.4) is 0 Å². The molecule has 2 aromatic rings. The second kappa shape index (κ2) is 5.07. The van der Waals surface area contributed by atoms with Gasteiger partial charge in [-0.1, -0.05) is 18.2 Å². The van der Waals surface area contributed by atoms with Crippen LogP contribution in [0.2, 0.25) is 0 Å². The van der Waals surface area contributed by atoms with E-state index < -0.39 is 0 Å². The average Bonchev–Trinajstić information content (AvgIpc) is 2.79. The summed E-state index contributed by atoms with van der Waals surface area (Å²) in [7, 11) is 0. The molecule has 17 heavy (non-hydrogen) atoms. The molecule has 0 bridgehead atoms. The number of nitrogens with zero attached hydrogens (tertiary/aromatic N) is 1. The van der Waals surface area contributed by atoms with E-state index in [4.69, 9.17) is 5.73 Å². The van der Waals surface area contributed by atoms with Crippen LogP contribution in [0.4, 0.5) is 5.13 Å². The fourth-order valence-corrected chi connectivity index (χ4v) is 2.12. The molecule has 1 aromatic heterocycles. The van der Waals surface area contributed by atoms with Gasteiger partial charge in [0.1, 0.15) is 0 Å². The maximum absolute atomic E-state index is 11.8. The van der Waals surface area contributed by atoms with E-state index in [1.165, 1.54) is 11.3 Å². The first-order chi connectivity index (χ1) is 8.16. The van der Waals surface area contributed by atoms with E-state index in [1.54, 1.807) is 12.1 Å². The first-order valence-corrected chi connectivity index (χ1v) is 6.12. The maximum atomic E-state index is 11.8. The second-order valence-electron chi connectivity index (χ2n) is 3.69. The number of carbonyl (C=O) groups excluding carboxylic acids is 1. The minimum absolute atomic E-state index is 0.117. The van der Waals surface area contributed by atoms with Crippen molar-refractivity contribution < 1.29 is 4.79 Å². The number of benzene rings is 1. The lowest BCUT2D eigenvalue weighted by Gasteiger charge is -2.01. The minimum atomic E-state index is -0.156. The largest absolute Gasteiger partial charge is 0.323 e. The molecule has 1 amide bonds. The molecular formula is C12H13N3OS. The number of nitrogens with one attached hydrogen (secondary N) is 1. The van der Waals surface area contributed by atoms with Crippen LogP contribution in [0.25, 0.3) is 0 Å². The first-order valence-electron chi connectivity index (χ1n) is 5.24. The van der Waals surface area contributed by atoms with Gasteiger partial charge in [0.05, 0.1) is 5.69 Å². The predicted molar refractivity (Wildman–Crippen MR) is 69.1 cm³/mol. The van der Waals surface area contributed by atoms with Gasteiger partial charge in [0.25, 0.3) is 5.91 Å². The van der Waals surface area contributed by atoms with E-state index in [2.05, 4.69) is 10.3 Å². The molecule has 3 N–H and O–H groups in total. The molecular weight excluding hydrogens is 234 g/mol. The van der Waals surface area contributed by atoms with E-state index in [1.807, 2.05) is 30.5 Å². The monoisotopic (exact) mass is 247 g/mol. The van der Waals surface area contributed by atoms with Gasteiger partial charge in [0, 0.05) is 17.0 Å². The number of thiazole rings is 1. The average molecular weight is 247 g/mol. The fourth-order valence-electron chi connectivity index (χ4n) is 1.31. The molecule has 1 atom stereocenters. The van der Waals surface area contributed by atoms with Gasteiger partial charge >= 0.3 is 0 Å². The standard InChI is InChI=1S/C12H13N3OS/c1-8(13)10-7-17-12(14-10)15-11(16)9-5-3-2-4-6-9/h2-8H,13H2,1H3,(H,14,15,16). The van der Waals surface area contributed by atoms with Crippen molar-refractivity contribution in [2.75, 3.05) is 5.32 Å². The SMILES string of the molecule is CC(N)c1csc(NC(=O)c2ccccc2)n1. The van der Waals surface area contributed by atoms with Gasteiger partial charge in [0.2, 0.25) is 0 Å². The highest BCUT2D eigenvalue weighted by molar-refractivity contribution is 7.14. The lowest BCUT2D eigenvalue weighted by Crippen LogP contribution is -2.12. The Labute approximate surface area is 103 Å². The van der Waals surface area contributed by atoms with Crippen molar-refractivity contribution in [3.63, 3.8) is 0 Å². The number of aromatic nitrogens is 1. The summed E-state index contributed by atoms with van der Waals surface area (Å²) in [6, 6.07) is 8.92. The third-order valence-electron chi connectivity index (χ3n) is 2.24. The zero-order chi connectivity index (χ0) is 12.3. The third kappa shape index (κ3) is 2.89. The number of nitrogens with two attached hydrogens (primary N) is 1. The molecule has 1 heterocycles. The number of amides is 1. The molecule has 0 saturated carbocycles. The van der Waals surface area contributed by atoms with Gasteiger partial charge in [-0.3, -0.25) is 10.1 Å². The van der Waals surface area contributed by atoms with Crippen LogP contribution in [0.15, 0.2) is 35.7 Å². The normalized spacial score (nSPS) is 12.1. The van der Waals surface area contributed by atoms with Crippen LogP contribution in [-0.2, 0) is 0 Å². The van der Waals surface area contributed by atoms with Crippen molar-refractivity contribution >= 4 is 22.4 Å². The van der Waals surface area contributed by atoms with Crippen molar-refractivity contribution in [2.24, 2.45) is 5.73 Å². The van der Waals surface area contributed by atoms with E-state index in [0.29, 0.717) is 10.7 Å². The van der Waals surface area contributed by atoms with E-state index in [9.17, 15) is 4.79 Å². The Bertz CT molecular complexity index is 507. The Morgan fingerprint density at radius 2 is 2.12 bits per heavy atom. The lowest BCUT2D eigenvalue weighted by molar-refractivity contribution is 0.102. The van der Waals surface area contributed by atoms with Crippen LogP contribution in [0.1, 0.15) is 29.0 Å². The van der Waals surface area contributed by atoms with Gasteiger partial charge in [-0.05, 0) is 19.1 Å². The number of carbonyl (C=O) groups is 1. The van der Waals surface area contributed by atoms with Crippen LogP contribution < -0.4 is 11.1 Å². The van der Waals surface area contributed by atoms with E-state index >= 15 is 0 Å². The third-order valence-corrected chi connectivity index (χ3v) is 3.02. The van der Waals surface area contributed by atoms with E-state index in [-0.39, 0.29) is 11.9 Å². The van der Waals surface area contributed by atoms with Crippen molar-refractivity contribution in [2.45, 2.75) is 13.0 Å². The fraction of sp³-hybridized carbons (Fsp3) is 0.167. The van der Waals surface area contributed by atoms with Gasteiger partial charge in [-0.2, -0.15) is 0 Å². The number of hydrogen-bond acceptors (Lipinski definition) is 4. The summed E-state index contributed by atoms with van der Waals surface area (Å²) in [6.45, 7) is 1.86. The molecule has 1 unspecified atom stereocenters. The summed E-state index contributed by atoms with van der Waals surface area (Å²) in [4.78, 5) is 16.1. The summed E-state index contributed by atoms with van der Waals surface area (Å²) < 4.78 is 0. The Morgan fingerprint density at radius 1 is 1.41 bits per heavy atom.